The third-order valence-corrected chi connectivity index (χ3v) is 7.62. The smallest absolute Gasteiger partial charge is 0.224 e. The summed E-state index contributed by atoms with van der Waals surface area (Å²) in [5, 5.41) is 3.46. The fraction of sp³-hybridized carbons (Fsp3) is 0.581. The van der Waals surface area contributed by atoms with E-state index in [-0.39, 0.29) is 11.9 Å². The molecule has 12 nitrogen and oxygen atoms in total. The van der Waals surface area contributed by atoms with Gasteiger partial charge in [0.1, 0.15) is 11.3 Å². The molecule has 0 bridgehead atoms. The number of nitrogens with one attached hydrogen (secondary N) is 1. The zero-order valence-electron chi connectivity index (χ0n) is 25.7. The minimum absolute atomic E-state index is 0.137. The molecule has 3 heterocycles. The molecule has 236 valence electrons. The molecule has 0 saturated carbocycles. The van der Waals surface area contributed by atoms with Gasteiger partial charge in [-0.2, -0.15) is 4.98 Å². The number of nitrogens with zero attached hydrogens (tertiary/aromatic N) is 5. The highest BCUT2D eigenvalue weighted by atomic mass is 16.5. The molecular weight excluding hydrogens is 548 g/mol. The summed E-state index contributed by atoms with van der Waals surface area (Å²) >= 11 is 0. The number of anilines is 2. The van der Waals surface area contributed by atoms with Gasteiger partial charge in [0.2, 0.25) is 11.9 Å². The minimum Gasteiger partial charge on any atom is -0.496 e. The number of piperazine rings is 1. The number of rotatable bonds is 18. The summed E-state index contributed by atoms with van der Waals surface area (Å²) in [4.78, 5) is 25.8. The Morgan fingerprint density at radius 1 is 1.00 bits per heavy atom. The topological polar surface area (TPSA) is 146 Å². The first-order valence-electron chi connectivity index (χ1n) is 15.4. The van der Waals surface area contributed by atoms with Crippen LogP contribution in [0.25, 0.3) is 11.0 Å². The van der Waals surface area contributed by atoms with E-state index in [1.165, 1.54) is 5.56 Å². The number of carbonyl (C=O) groups is 1. The largest absolute Gasteiger partial charge is 0.496 e. The summed E-state index contributed by atoms with van der Waals surface area (Å²) in [7, 11) is 1.71. The molecule has 4 rings (SSSR count). The van der Waals surface area contributed by atoms with Crippen LogP contribution in [0.1, 0.15) is 43.7 Å². The molecule has 1 saturated heterocycles. The summed E-state index contributed by atoms with van der Waals surface area (Å²) in [6.07, 6.45) is 5.81. The van der Waals surface area contributed by atoms with Crippen molar-refractivity contribution in [1.29, 1.82) is 0 Å². The van der Waals surface area contributed by atoms with Crippen molar-refractivity contribution in [3.8, 4) is 5.75 Å². The maximum atomic E-state index is 12.6. The first-order chi connectivity index (χ1) is 21.0. The van der Waals surface area contributed by atoms with Gasteiger partial charge in [0.15, 0.2) is 5.82 Å². The Bertz CT molecular complexity index is 1290. The number of hydrogen-bond donors (Lipinski definition) is 3. The number of carbonyl (C=O) groups excluding carboxylic acids is 1. The molecule has 1 aromatic carbocycles. The van der Waals surface area contributed by atoms with Gasteiger partial charge in [-0.3, -0.25) is 9.69 Å². The molecule has 0 aliphatic carbocycles. The van der Waals surface area contributed by atoms with Crippen LogP contribution in [0.15, 0.2) is 30.5 Å². The van der Waals surface area contributed by atoms with E-state index in [4.69, 9.17) is 25.7 Å². The average molecular weight is 597 g/mol. The van der Waals surface area contributed by atoms with Gasteiger partial charge in [-0.1, -0.05) is 31.9 Å². The normalized spacial score (nSPS) is 14.0. The molecule has 0 radical (unpaired) electrons. The Morgan fingerprint density at radius 2 is 1.79 bits per heavy atom. The zero-order chi connectivity index (χ0) is 30.4. The Morgan fingerprint density at radius 3 is 2.53 bits per heavy atom. The molecule has 2 aromatic heterocycles. The van der Waals surface area contributed by atoms with Crippen LogP contribution in [-0.2, 0) is 27.4 Å². The molecular formula is C31H48N8O4. The number of aromatic nitrogens is 3. The second-order valence-corrected chi connectivity index (χ2v) is 10.8. The van der Waals surface area contributed by atoms with Crippen molar-refractivity contribution in [2.75, 3.05) is 83.9 Å². The lowest BCUT2D eigenvalue weighted by atomic mass is 10.1. The maximum Gasteiger partial charge on any atom is 0.224 e. The Balaban J connectivity index is 1.30. The lowest BCUT2D eigenvalue weighted by molar-refractivity contribution is -0.134. The van der Waals surface area contributed by atoms with Crippen molar-refractivity contribution in [2.45, 2.75) is 45.7 Å². The molecule has 3 aromatic rings. The van der Waals surface area contributed by atoms with E-state index in [1.807, 2.05) is 17.2 Å². The van der Waals surface area contributed by atoms with E-state index >= 15 is 0 Å². The monoisotopic (exact) mass is 596 g/mol. The summed E-state index contributed by atoms with van der Waals surface area (Å²) in [6, 6.07) is 8.38. The first-order valence-corrected chi connectivity index (χ1v) is 15.4. The molecule has 1 fully saturated rings. The number of ether oxygens (including phenoxy) is 3. The lowest BCUT2D eigenvalue weighted by Gasteiger charge is -2.35. The molecule has 1 amide bonds. The highest BCUT2D eigenvalue weighted by Gasteiger charge is 2.21. The van der Waals surface area contributed by atoms with Gasteiger partial charge in [0.05, 0.1) is 52.0 Å². The highest BCUT2D eigenvalue weighted by Crippen LogP contribution is 2.27. The molecule has 5 N–H and O–H groups in total. The summed E-state index contributed by atoms with van der Waals surface area (Å²) < 4.78 is 18.8. The highest BCUT2D eigenvalue weighted by molar-refractivity contribution is 5.87. The van der Waals surface area contributed by atoms with Gasteiger partial charge < -0.3 is 40.5 Å². The number of amides is 1. The van der Waals surface area contributed by atoms with Gasteiger partial charge in [0, 0.05) is 57.6 Å². The number of unbranched alkanes of at least 4 members (excludes halogenated alkanes) is 2. The molecule has 1 aliphatic rings. The van der Waals surface area contributed by atoms with Crippen molar-refractivity contribution >= 4 is 28.7 Å². The van der Waals surface area contributed by atoms with Gasteiger partial charge in [-0.15, -0.1) is 0 Å². The number of nitrogens with two attached hydrogens (primary N) is 2. The molecule has 12 heteroatoms. The van der Waals surface area contributed by atoms with E-state index in [9.17, 15) is 4.79 Å². The third kappa shape index (κ3) is 9.52. The van der Waals surface area contributed by atoms with Gasteiger partial charge in [0.25, 0.3) is 0 Å². The summed E-state index contributed by atoms with van der Waals surface area (Å²) in [5.41, 5.74) is 15.4. The van der Waals surface area contributed by atoms with Gasteiger partial charge in [-0.25, -0.2) is 4.98 Å². The van der Waals surface area contributed by atoms with E-state index in [2.05, 4.69) is 49.9 Å². The predicted molar refractivity (Wildman–Crippen MR) is 169 cm³/mol. The second-order valence-electron chi connectivity index (χ2n) is 10.8. The molecule has 0 spiro atoms. The van der Waals surface area contributed by atoms with Crippen molar-refractivity contribution in [3.05, 3.63) is 41.6 Å². The SMILES string of the molecule is CCCCCNc1nc(N)nc2ccn(Cc3ccc(CN4CCN(C(=O)CCOCCOCCN)CC4)cc3OC)c12. The first kappa shape index (κ1) is 32.5. The van der Waals surface area contributed by atoms with Crippen molar-refractivity contribution in [1.82, 2.24) is 24.3 Å². The van der Waals surface area contributed by atoms with Gasteiger partial charge >= 0.3 is 0 Å². The van der Waals surface area contributed by atoms with Crippen LogP contribution < -0.4 is 21.5 Å². The van der Waals surface area contributed by atoms with E-state index in [1.54, 1.807) is 7.11 Å². The van der Waals surface area contributed by atoms with Crippen LogP contribution in [0, 0.1) is 0 Å². The van der Waals surface area contributed by atoms with E-state index in [0.29, 0.717) is 45.9 Å². The van der Waals surface area contributed by atoms with Crippen LogP contribution in [-0.4, -0.2) is 103 Å². The van der Waals surface area contributed by atoms with Crippen LogP contribution in [0.2, 0.25) is 0 Å². The Hall–Kier alpha value is -3.45. The fourth-order valence-corrected chi connectivity index (χ4v) is 5.30. The number of nitrogen functional groups attached to an aromatic ring is 1. The Labute approximate surface area is 254 Å². The van der Waals surface area contributed by atoms with Crippen molar-refractivity contribution in [3.63, 3.8) is 0 Å². The quantitative estimate of drug-likeness (QED) is 0.187. The number of hydrogen-bond acceptors (Lipinski definition) is 10. The van der Waals surface area contributed by atoms with E-state index < -0.39 is 0 Å². The third-order valence-electron chi connectivity index (χ3n) is 7.62. The van der Waals surface area contributed by atoms with Crippen LogP contribution >= 0.6 is 0 Å². The Kier molecular flexibility index (Phi) is 12.8. The summed E-state index contributed by atoms with van der Waals surface area (Å²) in [6.45, 7) is 9.96. The minimum atomic E-state index is 0.137. The van der Waals surface area contributed by atoms with E-state index in [0.717, 1.165) is 86.7 Å². The molecule has 43 heavy (non-hydrogen) atoms. The van der Waals surface area contributed by atoms with Gasteiger partial charge in [-0.05, 0) is 24.1 Å². The number of fused-ring (bicyclic) bond motifs is 1. The maximum absolute atomic E-state index is 12.6. The van der Waals surface area contributed by atoms with Crippen molar-refractivity contribution < 1.29 is 19.0 Å². The second kappa shape index (κ2) is 17.0. The summed E-state index contributed by atoms with van der Waals surface area (Å²) in [5.74, 6) is 2.01. The molecule has 0 unspecified atom stereocenters. The number of benzene rings is 1. The fourth-order valence-electron chi connectivity index (χ4n) is 5.30. The van der Waals surface area contributed by atoms with Crippen LogP contribution in [0.3, 0.4) is 0 Å². The van der Waals surface area contributed by atoms with Crippen LogP contribution in [0.5, 0.6) is 5.75 Å². The standard InChI is InChI=1S/C31H48N8O4/c1-3-4-5-11-34-30-29-26(35-31(33)36-30)8-12-39(29)23-25-7-6-24(21-27(25)41-2)22-37-13-15-38(16-14-37)28(40)9-17-42-19-20-43-18-10-32/h6-8,12,21H,3-5,9-11,13-20,22-23,32H2,1-2H3,(H3,33,34,35,36). The zero-order valence-corrected chi connectivity index (χ0v) is 25.7. The molecule has 1 aliphatic heterocycles. The molecule has 0 atom stereocenters. The van der Waals surface area contributed by atoms with Crippen LogP contribution in [0.4, 0.5) is 11.8 Å². The van der Waals surface area contributed by atoms with Crippen molar-refractivity contribution in [2.24, 2.45) is 5.73 Å². The lowest BCUT2D eigenvalue weighted by Crippen LogP contribution is -2.48. The predicted octanol–water partition coefficient (Wildman–Crippen LogP) is 2.70. The number of methoxy groups -OCH3 is 1. The average Bonchev–Trinajstić information content (AvgIpc) is 3.42.